The molecule has 72 valence electrons. The number of rotatable bonds is 0. The van der Waals surface area contributed by atoms with Gasteiger partial charge in [0, 0.05) is 4.32 Å². The molecule has 1 heteroatoms. The van der Waals surface area contributed by atoms with Gasteiger partial charge in [-0.25, -0.2) is 0 Å². The van der Waals surface area contributed by atoms with Crippen LogP contribution in [0.3, 0.4) is 0 Å². The van der Waals surface area contributed by atoms with Crippen LogP contribution >= 0.6 is 15.9 Å². The zero-order valence-electron chi connectivity index (χ0n) is 8.60. The van der Waals surface area contributed by atoms with Gasteiger partial charge in [-0.2, -0.15) is 0 Å². The van der Waals surface area contributed by atoms with E-state index in [1.807, 2.05) is 0 Å². The summed E-state index contributed by atoms with van der Waals surface area (Å²) in [5, 5.41) is 0. The van der Waals surface area contributed by atoms with E-state index < -0.39 is 0 Å². The summed E-state index contributed by atoms with van der Waals surface area (Å²) in [5.41, 5.74) is 1.04. The van der Waals surface area contributed by atoms with Gasteiger partial charge in [-0.3, -0.25) is 0 Å². The van der Waals surface area contributed by atoms with Gasteiger partial charge in [0.2, 0.25) is 0 Å². The summed E-state index contributed by atoms with van der Waals surface area (Å²) in [6, 6.07) is 0. The maximum Gasteiger partial charge on any atom is 0.0394 e. The first kappa shape index (κ1) is 8.52. The minimum absolute atomic E-state index is 0.459. The second-order valence-electron chi connectivity index (χ2n) is 6.09. The summed E-state index contributed by atoms with van der Waals surface area (Å²) >= 11 is 4.02. The van der Waals surface area contributed by atoms with Crippen molar-refractivity contribution >= 4 is 15.9 Å². The third-order valence-corrected chi connectivity index (χ3v) is 6.37. The SMILES string of the molecule is CC(C)(C)C12CC1(Br)C1C=CC2C1. The van der Waals surface area contributed by atoms with Crippen molar-refractivity contribution in [3.05, 3.63) is 12.2 Å². The molecule has 4 atom stereocenters. The molecule has 0 aromatic carbocycles. The van der Waals surface area contributed by atoms with Gasteiger partial charge >= 0.3 is 0 Å². The van der Waals surface area contributed by atoms with Crippen LogP contribution < -0.4 is 0 Å². The summed E-state index contributed by atoms with van der Waals surface area (Å²) in [6.45, 7) is 7.22. The Balaban J connectivity index is 2.10. The van der Waals surface area contributed by atoms with Crippen LogP contribution in [0.4, 0.5) is 0 Å². The van der Waals surface area contributed by atoms with Crippen molar-refractivity contribution in [2.45, 2.75) is 37.9 Å². The molecule has 0 aromatic heterocycles. The van der Waals surface area contributed by atoms with Gasteiger partial charge in [0.15, 0.2) is 0 Å². The van der Waals surface area contributed by atoms with Gasteiger partial charge in [0.25, 0.3) is 0 Å². The van der Waals surface area contributed by atoms with Gasteiger partial charge in [-0.15, -0.1) is 0 Å². The zero-order valence-corrected chi connectivity index (χ0v) is 10.2. The predicted molar refractivity (Wildman–Crippen MR) is 58.9 cm³/mol. The first-order valence-electron chi connectivity index (χ1n) is 5.29. The lowest BCUT2D eigenvalue weighted by Crippen LogP contribution is -2.32. The van der Waals surface area contributed by atoms with Crippen LogP contribution in [-0.2, 0) is 0 Å². The average Bonchev–Trinajstić information content (AvgIpc) is 2.37. The molecule has 0 amide bonds. The van der Waals surface area contributed by atoms with Gasteiger partial charge in [-0.05, 0) is 35.5 Å². The summed E-state index contributed by atoms with van der Waals surface area (Å²) in [5.74, 6) is 1.69. The molecule has 3 aliphatic rings. The van der Waals surface area contributed by atoms with Crippen molar-refractivity contribution in [2.75, 3.05) is 0 Å². The fourth-order valence-corrected chi connectivity index (χ4v) is 5.78. The van der Waals surface area contributed by atoms with Crippen LogP contribution in [0.15, 0.2) is 12.2 Å². The molecular weight excluding hydrogens is 224 g/mol. The van der Waals surface area contributed by atoms with Crippen LogP contribution in [-0.4, -0.2) is 4.32 Å². The third-order valence-electron chi connectivity index (χ3n) is 4.80. The standard InChI is InChI=1S/C12H17Br/c1-10(2,3)11-7-12(11,13)9-5-4-8(11)6-9/h4-5,8-9H,6-7H2,1-3H3. The molecule has 0 saturated heterocycles. The third kappa shape index (κ3) is 0.683. The number of fused-ring (bicyclic) bond motifs is 5. The number of hydrogen-bond donors (Lipinski definition) is 0. The van der Waals surface area contributed by atoms with Crippen molar-refractivity contribution in [3.63, 3.8) is 0 Å². The molecule has 0 aliphatic heterocycles. The Labute approximate surface area is 88.9 Å². The van der Waals surface area contributed by atoms with E-state index in [0.29, 0.717) is 15.2 Å². The van der Waals surface area contributed by atoms with E-state index in [2.05, 4.69) is 48.9 Å². The Morgan fingerprint density at radius 3 is 2.23 bits per heavy atom. The number of allylic oxidation sites excluding steroid dienone is 2. The number of alkyl halides is 1. The Hall–Kier alpha value is 0.220. The summed E-state index contributed by atoms with van der Waals surface area (Å²) < 4.78 is 0.484. The largest absolute Gasteiger partial charge is 0.0844 e. The molecule has 0 N–H and O–H groups in total. The molecule has 0 heterocycles. The topological polar surface area (TPSA) is 0 Å². The quantitative estimate of drug-likeness (QED) is 0.447. The highest BCUT2D eigenvalue weighted by molar-refractivity contribution is 9.10. The van der Waals surface area contributed by atoms with E-state index in [1.165, 1.54) is 12.8 Å². The molecule has 0 spiro atoms. The zero-order chi connectivity index (χ0) is 9.48. The highest BCUT2D eigenvalue weighted by Crippen LogP contribution is 2.84. The Kier molecular flexibility index (Phi) is 1.27. The first-order chi connectivity index (χ1) is 5.92. The summed E-state index contributed by atoms with van der Waals surface area (Å²) in [4.78, 5) is 0. The van der Waals surface area contributed by atoms with Crippen molar-refractivity contribution < 1.29 is 0 Å². The number of halogens is 1. The van der Waals surface area contributed by atoms with Crippen LogP contribution in [0.1, 0.15) is 33.6 Å². The monoisotopic (exact) mass is 240 g/mol. The normalized spacial score (nSPS) is 56.9. The van der Waals surface area contributed by atoms with E-state index in [4.69, 9.17) is 0 Å². The highest BCUT2D eigenvalue weighted by atomic mass is 79.9. The molecule has 0 nitrogen and oxygen atoms in total. The predicted octanol–water partition coefficient (Wildman–Crippen LogP) is 3.76. The van der Waals surface area contributed by atoms with Crippen LogP contribution in [0.2, 0.25) is 0 Å². The second-order valence-corrected chi connectivity index (χ2v) is 7.51. The van der Waals surface area contributed by atoms with Gasteiger partial charge < -0.3 is 0 Å². The molecule has 3 rings (SSSR count). The smallest absolute Gasteiger partial charge is 0.0394 e. The van der Waals surface area contributed by atoms with Crippen molar-refractivity contribution in [2.24, 2.45) is 22.7 Å². The van der Waals surface area contributed by atoms with Crippen LogP contribution in [0.25, 0.3) is 0 Å². The minimum Gasteiger partial charge on any atom is -0.0844 e. The van der Waals surface area contributed by atoms with Gasteiger partial charge in [0.05, 0.1) is 0 Å². The molecule has 0 aromatic rings. The lowest BCUT2D eigenvalue weighted by atomic mass is 9.70. The summed E-state index contributed by atoms with van der Waals surface area (Å²) in [6.07, 6.45) is 7.72. The number of hydrogen-bond acceptors (Lipinski definition) is 0. The van der Waals surface area contributed by atoms with Crippen molar-refractivity contribution in [3.8, 4) is 0 Å². The second kappa shape index (κ2) is 1.93. The fraction of sp³-hybridized carbons (Fsp3) is 0.833. The average molecular weight is 241 g/mol. The van der Waals surface area contributed by atoms with Crippen molar-refractivity contribution in [1.82, 2.24) is 0 Å². The first-order valence-corrected chi connectivity index (χ1v) is 6.08. The fourth-order valence-electron chi connectivity index (χ4n) is 4.11. The van der Waals surface area contributed by atoms with E-state index in [1.54, 1.807) is 0 Å². The molecule has 13 heavy (non-hydrogen) atoms. The van der Waals surface area contributed by atoms with Crippen LogP contribution in [0.5, 0.6) is 0 Å². The maximum atomic E-state index is 4.02. The van der Waals surface area contributed by atoms with Gasteiger partial charge in [-0.1, -0.05) is 48.9 Å². The summed E-state index contributed by atoms with van der Waals surface area (Å²) in [7, 11) is 0. The lowest BCUT2D eigenvalue weighted by molar-refractivity contribution is 0.168. The molecule has 2 bridgehead atoms. The van der Waals surface area contributed by atoms with E-state index >= 15 is 0 Å². The van der Waals surface area contributed by atoms with E-state index in [9.17, 15) is 0 Å². The molecule has 0 radical (unpaired) electrons. The molecule has 2 saturated carbocycles. The van der Waals surface area contributed by atoms with E-state index in [0.717, 1.165) is 11.8 Å². The van der Waals surface area contributed by atoms with Crippen LogP contribution in [0, 0.1) is 22.7 Å². The molecular formula is C12H17Br. The molecule has 4 unspecified atom stereocenters. The lowest BCUT2D eigenvalue weighted by Gasteiger charge is -2.36. The minimum atomic E-state index is 0.459. The maximum absolute atomic E-state index is 4.02. The Bertz CT molecular complexity index is 299. The molecule has 3 aliphatic carbocycles. The van der Waals surface area contributed by atoms with E-state index in [-0.39, 0.29) is 0 Å². The Morgan fingerprint density at radius 2 is 1.85 bits per heavy atom. The Morgan fingerprint density at radius 1 is 1.23 bits per heavy atom. The van der Waals surface area contributed by atoms with Crippen molar-refractivity contribution in [1.29, 1.82) is 0 Å². The highest BCUT2D eigenvalue weighted by Gasteiger charge is 2.80. The molecule has 2 fully saturated rings. The van der Waals surface area contributed by atoms with Gasteiger partial charge in [0.1, 0.15) is 0 Å².